The SMILES string of the molecule is CC(c1nnc(-c2ccc3cnccc3c2)s1)C(N)c1ccccc1. The topological polar surface area (TPSA) is 64.7 Å². The summed E-state index contributed by atoms with van der Waals surface area (Å²) >= 11 is 1.61. The number of aromatic nitrogens is 3. The number of hydrogen-bond acceptors (Lipinski definition) is 5. The van der Waals surface area contributed by atoms with Crippen molar-refractivity contribution in [3.05, 3.63) is 77.6 Å². The highest BCUT2D eigenvalue weighted by atomic mass is 32.1. The summed E-state index contributed by atoms with van der Waals surface area (Å²) in [6.07, 6.45) is 3.67. The zero-order valence-electron chi connectivity index (χ0n) is 13.8. The third-order valence-corrected chi connectivity index (χ3v) is 5.61. The van der Waals surface area contributed by atoms with Crippen LogP contribution >= 0.6 is 11.3 Å². The van der Waals surface area contributed by atoms with E-state index >= 15 is 0 Å². The Kier molecular flexibility index (Phi) is 4.26. The number of fused-ring (bicyclic) bond motifs is 1. The van der Waals surface area contributed by atoms with Gasteiger partial charge in [0.15, 0.2) is 0 Å². The lowest BCUT2D eigenvalue weighted by molar-refractivity contribution is 0.590. The molecule has 2 atom stereocenters. The fraction of sp³-hybridized carbons (Fsp3) is 0.150. The Morgan fingerprint density at radius 3 is 2.64 bits per heavy atom. The summed E-state index contributed by atoms with van der Waals surface area (Å²) < 4.78 is 0. The molecule has 0 aliphatic carbocycles. The zero-order valence-corrected chi connectivity index (χ0v) is 14.6. The van der Waals surface area contributed by atoms with Crippen molar-refractivity contribution in [3.63, 3.8) is 0 Å². The zero-order chi connectivity index (χ0) is 17.2. The average Bonchev–Trinajstić information content (AvgIpc) is 3.17. The van der Waals surface area contributed by atoms with Crippen LogP contribution in [0.1, 0.15) is 29.5 Å². The molecule has 4 aromatic rings. The van der Waals surface area contributed by atoms with Crippen molar-refractivity contribution in [1.82, 2.24) is 15.2 Å². The van der Waals surface area contributed by atoms with E-state index in [1.54, 1.807) is 17.5 Å². The lowest BCUT2D eigenvalue weighted by Crippen LogP contribution is -2.17. The Hall–Kier alpha value is -2.63. The molecule has 4 rings (SSSR count). The Labute approximate surface area is 150 Å². The molecule has 25 heavy (non-hydrogen) atoms. The molecule has 0 radical (unpaired) electrons. The van der Waals surface area contributed by atoms with Gasteiger partial charge in [-0.15, -0.1) is 10.2 Å². The van der Waals surface area contributed by atoms with Crippen molar-refractivity contribution in [2.75, 3.05) is 0 Å². The van der Waals surface area contributed by atoms with Crippen LogP contribution in [0, 0.1) is 0 Å². The van der Waals surface area contributed by atoms with E-state index in [1.165, 1.54) is 0 Å². The van der Waals surface area contributed by atoms with Gasteiger partial charge in [0.25, 0.3) is 0 Å². The molecule has 4 nitrogen and oxygen atoms in total. The van der Waals surface area contributed by atoms with Crippen LogP contribution in [0.5, 0.6) is 0 Å². The summed E-state index contributed by atoms with van der Waals surface area (Å²) in [5.74, 6) is 0.110. The minimum Gasteiger partial charge on any atom is -0.323 e. The van der Waals surface area contributed by atoms with E-state index in [4.69, 9.17) is 5.73 Å². The summed E-state index contributed by atoms with van der Waals surface area (Å²) in [4.78, 5) is 4.15. The number of nitrogens with two attached hydrogens (primary N) is 1. The van der Waals surface area contributed by atoms with Crippen LogP contribution in [0.15, 0.2) is 67.0 Å². The predicted octanol–water partition coefficient (Wildman–Crippen LogP) is 4.56. The van der Waals surface area contributed by atoms with Gasteiger partial charge in [0.2, 0.25) is 0 Å². The molecule has 0 aliphatic heterocycles. The fourth-order valence-corrected chi connectivity index (χ4v) is 3.81. The molecule has 0 aliphatic rings. The molecular formula is C20H18N4S. The van der Waals surface area contributed by atoms with Crippen LogP contribution in [0.2, 0.25) is 0 Å². The first-order chi connectivity index (χ1) is 12.2. The molecular weight excluding hydrogens is 328 g/mol. The van der Waals surface area contributed by atoms with Gasteiger partial charge in [-0.25, -0.2) is 0 Å². The summed E-state index contributed by atoms with van der Waals surface area (Å²) in [7, 11) is 0. The molecule has 124 valence electrons. The lowest BCUT2D eigenvalue weighted by Gasteiger charge is -2.17. The van der Waals surface area contributed by atoms with E-state index in [1.807, 2.05) is 30.5 Å². The molecule has 2 unspecified atom stereocenters. The molecule has 2 heterocycles. The first-order valence-electron chi connectivity index (χ1n) is 8.20. The third-order valence-electron chi connectivity index (χ3n) is 4.44. The van der Waals surface area contributed by atoms with Crippen LogP contribution in [0.4, 0.5) is 0 Å². The van der Waals surface area contributed by atoms with Crippen LogP contribution < -0.4 is 5.73 Å². The maximum Gasteiger partial charge on any atom is 0.147 e. The van der Waals surface area contributed by atoms with Gasteiger partial charge in [0.05, 0.1) is 0 Å². The highest BCUT2D eigenvalue weighted by molar-refractivity contribution is 7.14. The van der Waals surface area contributed by atoms with Crippen LogP contribution in [0.25, 0.3) is 21.3 Å². The smallest absolute Gasteiger partial charge is 0.147 e. The van der Waals surface area contributed by atoms with Crippen molar-refractivity contribution < 1.29 is 0 Å². The van der Waals surface area contributed by atoms with E-state index in [0.717, 1.165) is 31.9 Å². The monoisotopic (exact) mass is 346 g/mol. The van der Waals surface area contributed by atoms with E-state index in [2.05, 4.69) is 52.4 Å². The molecule has 2 aromatic carbocycles. The molecule has 0 bridgehead atoms. The molecule has 0 spiro atoms. The van der Waals surface area contributed by atoms with Gasteiger partial charge >= 0.3 is 0 Å². The number of hydrogen-bond donors (Lipinski definition) is 1. The third kappa shape index (κ3) is 3.16. The number of pyridine rings is 1. The second kappa shape index (κ2) is 6.70. The van der Waals surface area contributed by atoms with Gasteiger partial charge < -0.3 is 5.73 Å². The fourth-order valence-electron chi connectivity index (χ4n) is 2.87. The van der Waals surface area contributed by atoms with E-state index in [0.29, 0.717) is 0 Å². The second-order valence-corrected chi connectivity index (χ2v) is 7.12. The van der Waals surface area contributed by atoms with Crippen molar-refractivity contribution in [2.24, 2.45) is 5.73 Å². The average molecular weight is 346 g/mol. The molecule has 0 saturated heterocycles. The van der Waals surface area contributed by atoms with E-state index in [9.17, 15) is 0 Å². The number of rotatable bonds is 4. The molecule has 0 fully saturated rings. The van der Waals surface area contributed by atoms with Gasteiger partial charge in [-0.1, -0.05) is 60.7 Å². The Morgan fingerprint density at radius 1 is 0.960 bits per heavy atom. The molecule has 2 aromatic heterocycles. The van der Waals surface area contributed by atoms with E-state index in [-0.39, 0.29) is 12.0 Å². The standard InChI is InChI=1S/C20H18N4S/c1-13(18(21)14-5-3-2-4-6-14)19-23-24-20(25-19)16-7-8-17-12-22-10-9-15(17)11-16/h2-13,18H,21H2,1H3. The summed E-state index contributed by atoms with van der Waals surface area (Å²) in [6.45, 7) is 2.11. The van der Waals surface area contributed by atoms with Gasteiger partial charge in [-0.3, -0.25) is 4.98 Å². The Balaban J connectivity index is 1.62. The minimum absolute atomic E-state index is 0.0929. The lowest BCUT2D eigenvalue weighted by atomic mass is 9.96. The Bertz CT molecular complexity index is 997. The van der Waals surface area contributed by atoms with Crippen molar-refractivity contribution in [3.8, 4) is 10.6 Å². The van der Waals surface area contributed by atoms with Crippen molar-refractivity contribution in [1.29, 1.82) is 0 Å². The number of nitrogens with zero attached hydrogens (tertiary/aromatic N) is 3. The van der Waals surface area contributed by atoms with Crippen LogP contribution in [-0.2, 0) is 0 Å². The summed E-state index contributed by atoms with van der Waals surface area (Å²) in [5.41, 5.74) is 8.61. The first kappa shape index (κ1) is 15.9. The van der Waals surface area contributed by atoms with Crippen molar-refractivity contribution >= 4 is 22.1 Å². The quantitative estimate of drug-likeness (QED) is 0.588. The summed E-state index contributed by atoms with van der Waals surface area (Å²) in [6, 6.07) is 18.3. The normalized spacial score (nSPS) is 13.7. The van der Waals surface area contributed by atoms with Gasteiger partial charge in [-0.05, 0) is 23.1 Å². The maximum atomic E-state index is 6.42. The maximum absolute atomic E-state index is 6.42. The molecule has 0 saturated carbocycles. The highest BCUT2D eigenvalue weighted by Crippen LogP contribution is 2.34. The van der Waals surface area contributed by atoms with Gasteiger partial charge in [0, 0.05) is 35.3 Å². The molecule has 2 N–H and O–H groups in total. The van der Waals surface area contributed by atoms with Crippen LogP contribution in [-0.4, -0.2) is 15.2 Å². The minimum atomic E-state index is -0.0929. The predicted molar refractivity (Wildman–Crippen MR) is 102 cm³/mol. The van der Waals surface area contributed by atoms with E-state index < -0.39 is 0 Å². The highest BCUT2D eigenvalue weighted by Gasteiger charge is 2.21. The number of benzene rings is 2. The second-order valence-electron chi connectivity index (χ2n) is 6.11. The Morgan fingerprint density at radius 2 is 1.80 bits per heavy atom. The van der Waals surface area contributed by atoms with Gasteiger partial charge in [0.1, 0.15) is 10.0 Å². The summed E-state index contributed by atoms with van der Waals surface area (Å²) in [5, 5.41) is 12.9. The van der Waals surface area contributed by atoms with Gasteiger partial charge in [-0.2, -0.15) is 0 Å². The molecule has 5 heteroatoms. The molecule has 0 amide bonds. The first-order valence-corrected chi connectivity index (χ1v) is 9.02. The largest absolute Gasteiger partial charge is 0.323 e. The van der Waals surface area contributed by atoms with Crippen molar-refractivity contribution in [2.45, 2.75) is 18.9 Å². The van der Waals surface area contributed by atoms with Crippen LogP contribution in [0.3, 0.4) is 0 Å².